The number of benzene rings is 2. The number of aromatic nitrogens is 2. The summed E-state index contributed by atoms with van der Waals surface area (Å²) < 4.78 is 6.53. The molecular formula is C25H24N4O5. The van der Waals surface area contributed by atoms with E-state index in [1.165, 1.54) is 34.0 Å². The maximum atomic E-state index is 13.2. The average Bonchev–Trinajstić information content (AvgIpc) is 3.37. The van der Waals surface area contributed by atoms with Crippen molar-refractivity contribution in [1.82, 2.24) is 14.7 Å². The van der Waals surface area contributed by atoms with Gasteiger partial charge in [0.2, 0.25) is 0 Å². The van der Waals surface area contributed by atoms with E-state index < -0.39 is 17.8 Å². The van der Waals surface area contributed by atoms with Crippen molar-refractivity contribution in [2.75, 3.05) is 11.9 Å². The molecule has 1 aromatic heterocycles. The van der Waals surface area contributed by atoms with Gasteiger partial charge in [-0.25, -0.2) is 9.48 Å². The summed E-state index contributed by atoms with van der Waals surface area (Å²) >= 11 is 0. The van der Waals surface area contributed by atoms with Gasteiger partial charge in [0.05, 0.1) is 29.6 Å². The summed E-state index contributed by atoms with van der Waals surface area (Å²) in [6.45, 7) is 5.54. The van der Waals surface area contributed by atoms with Crippen LogP contribution in [0, 0.1) is 0 Å². The first-order valence-electron chi connectivity index (χ1n) is 11.0. The zero-order valence-corrected chi connectivity index (χ0v) is 19.1. The number of para-hydroxylation sites is 1. The first-order valence-corrected chi connectivity index (χ1v) is 11.0. The SMILES string of the molecule is CCOC(=O)c1cnn(-c2ccccc2)c1NC(=O)c1ccc2c(c1)C(=O)N(C(C)CC)C2=O. The molecule has 0 saturated carbocycles. The summed E-state index contributed by atoms with van der Waals surface area (Å²) in [5.74, 6) is -1.84. The van der Waals surface area contributed by atoms with Gasteiger partial charge in [-0.3, -0.25) is 19.3 Å². The first-order chi connectivity index (χ1) is 16.4. The van der Waals surface area contributed by atoms with Gasteiger partial charge in [0.1, 0.15) is 5.56 Å². The number of nitrogens with one attached hydrogen (secondary N) is 1. The Labute approximate surface area is 196 Å². The molecule has 34 heavy (non-hydrogen) atoms. The largest absolute Gasteiger partial charge is 0.462 e. The van der Waals surface area contributed by atoms with Crippen molar-refractivity contribution in [3.8, 4) is 5.69 Å². The molecule has 0 fully saturated rings. The third-order valence-electron chi connectivity index (χ3n) is 5.71. The number of ether oxygens (including phenoxy) is 1. The van der Waals surface area contributed by atoms with Crippen molar-refractivity contribution in [3.63, 3.8) is 0 Å². The molecule has 1 atom stereocenters. The standard InChI is InChI=1S/C25H24N4O5/c1-4-15(3)28-23(31)18-12-11-16(13-19(18)24(28)32)22(30)27-21-20(25(33)34-5-2)14-26-29(21)17-9-7-6-8-10-17/h6-15H,4-5H2,1-3H3,(H,27,30). The molecule has 1 N–H and O–H groups in total. The Morgan fingerprint density at radius 1 is 1.03 bits per heavy atom. The predicted molar refractivity (Wildman–Crippen MR) is 124 cm³/mol. The number of hydrogen-bond donors (Lipinski definition) is 1. The van der Waals surface area contributed by atoms with Gasteiger partial charge >= 0.3 is 5.97 Å². The molecule has 0 aliphatic carbocycles. The van der Waals surface area contributed by atoms with Crippen molar-refractivity contribution in [2.45, 2.75) is 33.2 Å². The lowest BCUT2D eigenvalue weighted by molar-refractivity contribution is 0.0525. The number of rotatable bonds is 7. The quantitative estimate of drug-likeness (QED) is 0.425. The normalized spacial score (nSPS) is 13.6. The van der Waals surface area contributed by atoms with Crippen molar-refractivity contribution >= 4 is 29.5 Å². The average molecular weight is 460 g/mol. The number of carbonyl (C=O) groups is 4. The number of esters is 1. The van der Waals surface area contributed by atoms with Crippen LogP contribution in [0.4, 0.5) is 5.82 Å². The van der Waals surface area contributed by atoms with Crippen LogP contribution in [-0.2, 0) is 4.74 Å². The maximum absolute atomic E-state index is 13.2. The summed E-state index contributed by atoms with van der Waals surface area (Å²) in [4.78, 5) is 52.4. The van der Waals surface area contributed by atoms with Crippen LogP contribution in [-0.4, -0.2) is 51.0 Å². The predicted octanol–water partition coefficient (Wildman–Crippen LogP) is 3.70. The minimum atomic E-state index is -0.626. The molecule has 174 valence electrons. The number of imide groups is 1. The maximum Gasteiger partial charge on any atom is 0.343 e. The summed E-state index contributed by atoms with van der Waals surface area (Å²) in [5, 5.41) is 6.98. The van der Waals surface area contributed by atoms with E-state index in [4.69, 9.17) is 4.74 Å². The lowest BCUT2D eigenvalue weighted by atomic mass is 10.1. The van der Waals surface area contributed by atoms with Gasteiger partial charge in [-0.15, -0.1) is 0 Å². The van der Waals surface area contributed by atoms with Crippen molar-refractivity contribution in [1.29, 1.82) is 0 Å². The second-order valence-electron chi connectivity index (χ2n) is 7.83. The number of hydrogen-bond acceptors (Lipinski definition) is 6. The molecule has 0 bridgehead atoms. The molecule has 0 spiro atoms. The number of amides is 3. The van der Waals surface area contributed by atoms with E-state index in [1.54, 1.807) is 38.1 Å². The summed E-state index contributed by atoms with van der Waals surface area (Å²) in [7, 11) is 0. The van der Waals surface area contributed by atoms with Crippen LogP contribution in [0.15, 0.2) is 54.7 Å². The van der Waals surface area contributed by atoms with Crippen LogP contribution in [0.1, 0.15) is 68.6 Å². The van der Waals surface area contributed by atoms with Gasteiger partial charge in [0, 0.05) is 11.6 Å². The highest BCUT2D eigenvalue weighted by Crippen LogP contribution is 2.28. The van der Waals surface area contributed by atoms with Crippen LogP contribution in [0.25, 0.3) is 5.69 Å². The third-order valence-corrected chi connectivity index (χ3v) is 5.71. The van der Waals surface area contributed by atoms with Gasteiger partial charge in [-0.2, -0.15) is 5.10 Å². The molecule has 0 saturated heterocycles. The Kier molecular flexibility index (Phi) is 6.27. The van der Waals surface area contributed by atoms with Crippen LogP contribution >= 0.6 is 0 Å². The van der Waals surface area contributed by atoms with E-state index in [1.807, 2.05) is 13.0 Å². The second-order valence-corrected chi connectivity index (χ2v) is 7.83. The van der Waals surface area contributed by atoms with E-state index >= 15 is 0 Å². The lowest BCUT2D eigenvalue weighted by Gasteiger charge is -2.20. The van der Waals surface area contributed by atoms with E-state index in [2.05, 4.69) is 10.4 Å². The summed E-state index contributed by atoms with van der Waals surface area (Å²) in [6, 6.07) is 13.1. The molecule has 1 aliphatic heterocycles. The number of anilines is 1. The van der Waals surface area contributed by atoms with E-state index in [0.717, 1.165) is 0 Å². The molecule has 1 unspecified atom stereocenters. The number of fused-ring (bicyclic) bond motifs is 1. The molecule has 3 amide bonds. The Bertz CT molecular complexity index is 1280. The van der Waals surface area contributed by atoms with Crippen LogP contribution in [0.2, 0.25) is 0 Å². The highest BCUT2D eigenvalue weighted by Gasteiger charge is 2.38. The zero-order chi connectivity index (χ0) is 24.4. The number of nitrogens with zero attached hydrogens (tertiary/aromatic N) is 3. The van der Waals surface area contributed by atoms with Crippen LogP contribution in [0.5, 0.6) is 0 Å². The van der Waals surface area contributed by atoms with Crippen molar-refractivity contribution in [3.05, 3.63) is 77.0 Å². The summed E-state index contributed by atoms with van der Waals surface area (Å²) in [5.41, 5.74) is 1.34. The minimum Gasteiger partial charge on any atom is -0.462 e. The Hall–Kier alpha value is -4.27. The van der Waals surface area contributed by atoms with E-state index in [-0.39, 0.29) is 46.6 Å². The fourth-order valence-corrected chi connectivity index (χ4v) is 3.76. The molecule has 2 aromatic carbocycles. The highest BCUT2D eigenvalue weighted by atomic mass is 16.5. The fourth-order valence-electron chi connectivity index (χ4n) is 3.76. The molecule has 9 heteroatoms. The lowest BCUT2D eigenvalue weighted by Crippen LogP contribution is -2.37. The topological polar surface area (TPSA) is 111 Å². The van der Waals surface area contributed by atoms with Gasteiger partial charge in [-0.05, 0) is 50.6 Å². The van der Waals surface area contributed by atoms with Gasteiger partial charge in [-0.1, -0.05) is 25.1 Å². The van der Waals surface area contributed by atoms with E-state index in [9.17, 15) is 19.2 Å². The van der Waals surface area contributed by atoms with Gasteiger partial charge in [0.15, 0.2) is 5.82 Å². The smallest absolute Gasteiger partial charge is 0.343 e. The van der Waals surface area contributed by atoms with Gasteiger partial charge < -0.3 is 10.1 Å². The highest BCUT2D eigenvalue weighted by molar-refractivity contribution is 6.22. The number of carbonyl (C=O) groups excluding carboxylic acids is 4. The molecule has 1 aliphatic rings. The Balaban J connectivity index is 1.69. The van der Waals surface area contributed by atoms with E-state index in [0.29, 0.717) is 12.1 Å². The van der Waals surface area contributed by atoms with Crippen molar-refractivity contribution in [2.24, 2.45) is 0 Å². The van der Waals surface area contributed by atoms with Crippen molar-refractivity contribution < 1.29 is 23.9 Å². The summed E-state index contributed by atoms with van der Waals surface area (Å²) in [6.07, 6.45) is 1.95. The Morgan fingerprint density at radius 2 is 1.74 bits per heavy atom. The Morgan fingerprint density at radius 3 is 2.41 bits per heavy atom. The zero-order valence-electron chi connectivity index (χ0n) is 19.1. The van der Waals surface area contributed by atoms with Crippen LogP contribution < -0.4 is 5.32 Å². The van der Waals surface area contributed by atoms with Crippen LogP contribution in [0.3, 0.4) is 0 Å². The minimum absolute atomic E-state index is 0.0920. The first kappa shape index (κ1) is 22.9. The molecule has 0 radical (unpaired) electrons. The fraction of sp³-hybridized carbons (Fsp3) is 0.240. The monoisotopic (exact) mass is 460 g/mol. The molecule has 4 rings (SSSR count). The van der Waals surface area contributed by atoms with Gasteiger partial charge in [0.25, 0.3) is 17.7 Å². The molecule has 9 nitrogen and oxygen atoms in total. The molecule has 2 heterocycles. The molecule has 3 aromatic rings. The third kappa shape index (κ3) is 3.96. The second kappa shape index (κ2) is 9.30. The molecular weight excluding hydrogens is 436 g/mol.